The number of esters is 1. The quantitative estimate of drug-likeness (QED) is 0.223. The number of benzene rings is 2. The van der Waals surface area contributed by atoms with E-state index < -0.39 is 53.0 Å². The lowest BCUT2D eigenvalue weighted by Gasteiger charge is -2.17. The van der Waals surface area contributed by atoms with E-state index in [-0.39, 0.29) is 17.3 Å². The number of hydrogen-bond acceptors (Lipinski definition) is 3. The number of ether oxygens (including phenoxy) is 1. The predicted molar refractivity (Wildman–Crippen MR) is 103 cm³/mol. The molecule has 0 fully saturated rings. The van der Waals surface area contributed by atoms with Crippen molar-refractivity contribution in [1.29, 1.82) is 0 Å². The highest BCUT2D eigenvalue weighted by atomic mass is 19.4. The number of carbonyl (C=O) groups excluding carboxylic acids is 1. The monoisotopic (exact) mass is 464 g/mol. The third-order valence-electron chi connectivity index (χ3n) is 4.57. The number of rotatable bonds is 6. The van der Waals surface area contributed by atoms with Gasteiger partial charge in [0, 0.05) is 19.2 Å². The molecule has 0 heterocycles. The van der Waals surface area contributed by atoms with Crippen LogP contribution in [0, 0.1) is 12.7 Å². The fourth-order valence-electron chi connectivity index (χ4n) is 2.68. The summed E-state index contributed by atoms with van der Waals surface area (Å²) in [6.45, 7) is 2.69. The second-order valence-corrected chi connectivity index (χ2v) is 6.83. The van der Waals surface area contributed by atoms with E-state index >= 15 is 0 Å². The van der Waals surface area contributed by atoms with Crippen LogP contribution in [0.25, 0.3) is 0 Å². The molecule has 0 aromatic heterocycles. The van der Waals surface area contributed by atoms with Crippen LogP contribution in [0.4, 0.5) is 36.4 Å². The number of halogens is 7. The van der Waals surface area contributed by atoms with Crippen molar-refractivity contribution in [1.82, 2.24) is 4.90 Å². The molecule has 0 N–H and O–H groups in total. The van der Waals surface area contributed by atoms with Gasteiger partial charge in [0.15, 0.2) is 0 Å². The topological polar surface area (TPSA) is 41.9 Å². The molecule has 11 heteroatoms. The lowest BCUT2D eigenvalue weighted by atomic mass is 9.99. The lowest BCUT2D eigenvalue weighted by molar-refractivity contribution is -0.139. The summed E-state index contributed by atoms with van der Waals surface area (Å²) < 4.78 is 97.5. The number of aliphatic imine (C=N–C) groups is 1. The summed E-state index contributed by atoms with van der Waals surface area (Å²) in [5.74, 6) is -2.70. The molecule has 0 saturated carbocycles. The molecule has 0 saturated heterocycles. The van der Waals surface area contributed by atoms with E-state index in [2.05, 4.69) is 4.99 Å². The van der Waals surface area contributed by atoms with Crippen LogP contribution in [-0.2, 0) is 23.7 Å². The van der Waals surface area contributed by atoms with Gasteiger partial charge >= 0.3 is 18.3 Å². The molecule has 4 nitrogen and oxygen atoms in total. The number of alkyl halides is 6. The molecule has 0 unspecified atom stereocenters. The van der Waals surface area contributed by atoms with E-state index in [9.17, 15) is 35.5 Å². The van der Waals surface area contributed by atoms with Crippen molar-refractivity contribution in [3.8, 4) is 0 Å². The van der Waals surface area contributed by atoms with E-state index in [0.29, 0.717) is 12.6 Å². The standard InChI is InChI=1S/C21H19F7N2O2/c1-4-30(3)11-29-17-8-7-15(18(12(17)2)21(26,27)28)19(31)32-10-13-5-6-14(9-16(13)22)20(23,24)25/h5-9,11H,4,10H2,1-3H3/b29-11+. The van der Waals surface area contributed by atoms with Crippen molar-refractivity contribution >= 4 is 18.0 Å². The minimum Gasteiger partial charge on any atom is -0.457 e. The lowest BCUT2D eigenvalue weighted by Crippen LogP contribution is -2.18. The summed E-state index contributed by atoms with van der Waals surface area (Å²) in [6.07, 6.45) is -8.35. The van der Waals surface area contributed by atoms with Gasteiger partial charge in [-0.15, -0.1) is 0 Å². The smallest absolute Gasteiger partial charge is 0.417 e. The molecule has 0 bridgehead atoms. The van der Waals surface area contributed by atoms with Gasteiger partial charge in [-0.05, 0) is 43.7 Å². The van der Waals surface area contributed by atoms with Crippen LogP contribution in [0.1, 0.15) is 39.5 Å². The number of hydrogen-bond donors (Lipinski definition) is 0. The third kappa shape index (κ3) is 5.98. The van der Waals surface area contributed by atoms with E-state index in [1.807, 2.05) is 6.92 Å². The molecule has 2 rings (SSSR count). The van der Waals surface area contributed by atoms with Gasteiger partial charge in [-0.25, -0.2) is 14.2 Å². The fraction of sp³-hybridized carbons (Fsp3) is 0.333. The Morgan fingerprint density at radius 1 is 1.09 bits per heavy atom. The Hall–Kier alpha value is -3.11. The Kier molecular flexibility index (Phi) is 7.53. The van der Waals surface area contributed by atoms with Crippen LogP contribution in [0.15, 0.2) is 35.3 Å². The van der Waals surface area contributed by atoms with Crippen molar-refractivity contribution < 1.29 is 40.3 Å². The molecule has 0 aliphatic rings. The first-order chi connectivity index (χ1) is 14.8. The molecular weight excluding hydrogens is 445 g/mol. The van der Waals surface area contributed by atoms with Gasteiger partial charge in [0.2, 0.25) is 0 Å². The van der Waals surface area contributed by atoms with E-state index in [1.165, 1.54) is 12.4 Å². The Morgan fingerprint density at radius 3 is 2.28 bits per heavy atom. The SMILES string of the molecule is CCN(C)/C=N/c1ccc(C(=O)OCc2ccc(C(F)(F)F)cc2F)c(C(F)(F)F)c1C. The zero-order chi connectivity index (χ0) is 24.3. The Bertz CT molecular complexity index is 1010. The summed E-state index contributed by atoms with van der Waals surface area (Å²) in [6, 6.07) is 3.65. The van der Waals surface area contributed by atoms with E-state index in [4.69, 9.17) is 4.74 Å². The highest BCUT2D eigenvalue weighted by Gasteiger charge is 2.38. The summed E-state index contributed by atoms with van der Waals surface area (Å²) in [5, 5.41) is 0. The highest BCUT2D eigenvalue weighted by Crippen LogP contribution is 2.39. The van der Waals surface area contributed by atoms with Crippen molar-refractivity contribution in [3.63, 3.8) is 0 Å². The van der Waals surface area contributed by atoms with Gasteiger partial charge in [-0.2, -0.15) is 26.3 Å². The van der Waals surface area contributed by atoms with Crippen LogP contribution in [0.2, 0.25) is 0 Å². The van der Waals surface area contributed by atoms with Crippen molar-refractivity contribution in [2.75, 3.05) is 13.6 Å². The molecule has 2 aromatic carbocycles. The summed E-state index contributed by atoms with van der Waals surface area (Å²) in [5.41, 5.74) is -4.06. The number of carbonyl (C=O) groups is 1. The minimum atomic E-state index is -4.92. The van der Waals surface area contributed by atoms with Crippen molar-refractivity contribution in [2.45, 2.75) is 32.8 Å². The Morgan fingerprint density at radius 2 is 1.75 bits per heavy atom. The summed E-state index contributed by atoms with van der Waals surface area (Å²) in [7, 11) is 1.68. The zero-order valence-electron chi connectivity index (χ0n) is 17.2. The third-order valence-corrected chi connectivity index (χ3v) is 4.57. The maximum atomic E-state index is 13.9. The normalized spacial score (nSPS) is 12.3. The summed E-state index contributed by atoms with van der Waals surface area (Å²) in [4.78, 5) is 18.0. The summed E-state index contributed by atoms with van der Waals surface area (Å²) >= 11 is 0. The highest BCUT2D eigenvalue weighted by molar-refractivity contribution is 5.92. The van der Waals surface area contributed by atoms with Crippen molar-refractivity contribution in [2.24, 2.45) is 4.99 Å². The second-order valence-electron chi connectivity index (χ2n) is 6.83. The van der Waals surface area contributed by atoms with Gasteiger partial charge in [0.05, 0.1) is 28.7 Å². The van der Waals surface area contributed by atoms with Gasteiger partial charge in [-0.3, -0.25) is 0 Å². The van der Waals surface area contributed by atoms with E-state index in [1.54, 1.807) is 11.9 Å². The minimum absolute atomic E-state index is 0.0111. The molecular formula is C21H19F7N2O2. The average molecular weight is 464 g/mol. The van der Waals surface area contributed by atoms with Gasteiger partial charge in [0.25, 0.3) is 0 Å². The Labute approximate surface area is 179 Å². The first kappa shape index (κ1) is 25.2. The van der Waals surface area contributed by atoms with Gasteiger partial charge in [-0.1, -0.05) is 6.07 Å². The first-order valence-corrected chi connectivity index (χ1v) is 9.23. The van der Waals surface area contributed by atoms with Gasteiger partial charge in [0.1, 0.15) is 12.4 Å². The number of nitrogens with zero attached hydrogens (tertiary/aromatic N) is 2. The predicted octanol–water partition coefficient (Wildman–Crippen LogP) is 6.14. The molecule has 0 atom stereocenters. The maximum Gasteiger partial charge on any atom is 0.417 e. The molecule has 2 aromatic rings. The van der Waals surface area contributed by atoms with Crippen LogP contribution >= 0.6 is 0 Å². The van der Waals surface area contributed by atoms with Gasteiger partial charge < -0.3 is 9.64 Å². The second kappa shape index (κ2) is 9.58. The maximum absolute atomic E-state index is 13.9. The average Bonchev–Trinajstić information content (AvgIpc) is 2.69. The van der Waals surface area contributed by atoms with Crippen LogP contribution in [-0.4, -0.2) is 30.8 Å². The molecule has 32 heavy (non-hydrogen) atoms. The zero-order valence-corrected chi connectivity index (χ0v) is 17.2. The molecule has 0 spiro atoms. The molecule has 174 valence electrons. The fourth-order valence-corrected chi connectivity index (χ4v) is 2.68. The van der Waals surface area contributed by atoms with E-state index in [0.717, 1.165) is 19.1 Å². The molecule has 0 aliphatic carbocycles. The first-order valence-electron chi connectivity index (χ1n) is 9.23. The van der Waals surface area contributed by atoms with Crippen LogP contribution < -0.4 is 0 Å². The van der Waals surface area contributed by atoms with Crippen molar-refractivity contribution in [3.05, 3.63) is 64.0 Å². The molecule has 0 aliphatic heterocycles. The van der Waals surface area contributed by atoms with Crippen LogP contribution in [0.3, 0.4) is 0 Å². The van der Waals surface area contributed by atoms with Crippen LogP contribution in [0.5, 0.6) is 0 Å². The molecule has 0 radical (unpaired) electrons. The molecule has 0 amide bonds. The Balaban J connectivity index is 2.32. The largest absolute Gasteiger partial charge is 0.457 e.